The van der Waals surface area contributed by atoms with E-state index in [1.54, 1.807) is 24.3 Å². The van der Waals surface area contributed by atoms with E-state index in [1.165, 1.54) is 0 Å². The Balaban J connectivity index is 1.91. The Kier molecular flexibility index (Phi) is 8.17. The van der Waals surface area contributed by atoms with Crippen LogP contribution in [0.2, 0.25) is 0 Å². The van der Waals surface area contributed by atoms with E-state index in [0.717, 1.165) is 5.56 Å². The second kappa shape index (κ2) is 10.8. The van der Waals surface area contributed by atoms with Crippen LogP contribution in [0, 0.1) is 0 Å². The standard InChI is InChI=1S/C21H26N4O3/c1-25(2)15-14-23-20(27)21(28)24-18-11-7-6-10-17(18)19(26)22-13-12-16-8-4-3-5-9-16/h3-11H,12-15H2,1-2H3,(H,22,26)(H,23,27)(H,24,28). The van der Waals surface area contributed by atoms with Crippen LogP contribution in [0.3, 0.4) is 0 Å². The van der Waals surface area contributed by atoms with E-state index in [0.29, 0.717) is 37.3 Å². The van der Waals surface area contributed by atoms with E-state index < -0.39 is 11.8 Å². The van der Waals surface area contributed by atoms with E-state index in [1.807, 2.05) is 49.3 Å². The summed E-state index contributed by atoms with van der Waals surface area (Å²) in [5, 5.41) is 7.89. The van der Waals surface area contributed by atoms with Crippen LogP contribution in [0.25, 0.3) is 0 Å². The fourth-order valence-electron chi connectivity index (χ4n) is 2.50. The smallest absolute Gasteiger partial charge is 0.313 e. The number of amides is 3. The lowest BCUT2D eigenvalue weighted by molar-refractivity contribution is -0.136. The molecule has 0 heterocycles. The van der Waals surface area contributed by atoms with Crippen molar-refractivity contribution in [2.75, 3.05) is 39.0 Å². The maximum absolute atomic E-state index is 12.5. The molecule has 7 heteroatoms. The molecule has 0 aromatic heterocycles. The largest absolute Gasteiger partial charge is 0.352 e. The minimum atomic E-state index is -0.803. The molecule has 0 aliphatic carbocycles. The number of likely N-dealkylation sites (N-methyl/N-ethyl adjacent to an activating group) is 1. The monoisotopic (exact) mass is 382 g/mol. The maximum Gasteiger partial charge on any atom is 0.313 e. The van der Waals surface area contributed by atoms with Crippen LogP contribution in [0.1, 0.15) is 15.9 Å². The van der Waals surface area contributed by atoms with Crippen LogP contribution in [-0.2, 0) is 16.0 Å². The second-order valence-corrected chi connectivity index (χ2v) is 6.55. The number of para-hydroxylation sites is 1. The molecular formula is C21H26N4O3. The fourth-order valence-corrected chi connectivity index (χ4v) is 2.50. The van der Waals surface area contributed by atoms with Gasteiger partial charge in [-0.1, -0.05) is 42.5 Å². The lowest BCUT2D eigenvalue weighted by atomic mass is 10.1. The minimum Gasteiger partial charge on any atom is -0.352 e. The molecule has 7 nitrogen and oxygen atoms in total. The van der Waals surface area contributed by atoms with Crippen LogP contribution in [0.4, 0.5) is 5.69 Å². The van der Waals surface area contributed by atoms with Crippen LogP contribution >= 0.6 is 0 Å². The van der Waals surface area contributed by atoms with Gasteiger partial charge in [0, 0.05) is 19.6 Å². The average Bonchev–Trinajstić information content (AvgIpc) is 2.68. The number of benzene rings is 2. The minimum absolute atomic E-state index is 0.299. The Hall–Kier alpha value is -3.19. The van der Waals surface area contributed by atoms with Crippen molar-refractivity contribution in [1.82, 2.24) is 15.5 Å². The van der Waals surface area contributed by atoms with Crippen LogP contribution < -0.4 is 16.0 Å². The van der Waals surface area contributed by atoms with Gasteiger partial charge < -0.3 is 20.9 Å². The zero-order valence-corrected chi connectivity index (χ0v) is 16.2. The van der Waals surface area contributed by atoms with E-state index in [9.17, 15) is 14.4 Å². The summed E-state index contributed by atoms with van der Waals surface area (Å²) < 4.78 is 0. The van der Waals surface area contributed by atoms with Crippen molar-refractivity contribution in [1.29, 1.82) is 0 Å². The van der Waals surface area contributed by atoms with E-state index in [-0.39, 0.29) is 5.91 Å². The van der Waals surface area contributed by atoms with Gasteiger partial charge in [-0.2, -0.15) is 0 Å². The molecule has 2 aromatic carbocycles. The number of carbonyl (C=O) groups is 3. The lowest BCUT2D eigenvalue weighted by Crippen LogP contribution is -2.39. The van der Waals surface area contributed by atoms with Gasteiger partial charge in [-0.3, -0.25) is 14.4 Å². The molecule has 0 spiro atoms. The quantitative estimate of drug-likeness (QED) is 0.600. The maximum atomic E-state index is 12.5. The van der Waals surface area contributed by atoms with Crippen molar-refractivity contribution in [3.8, 4) is 0 Å². The lowest BCUT2D eigenvalue weighted by Gasteiger charge is -2.12. The van der Waals surface area contributed by atoms with E-state index in [2.05, 4.69) is 16.0 Å². The summed E-state index contributed by atoms with van der Waals surface area (Å²) in [7, 11) is 3.75. The number of hydrogen-bond donors (Lipinski definition) is 3. The van der Waals surface area contributed by atoms with Crippen molar-refractivity contribution < 1.29 is 14.4 Å². The third-order valence-electron chi connectivity index (χ3n) is 4.01. The summed E-state index contributed by atoms with van der Waals surface area (Å²) in [5.41, 5.74) is 1.73. The van der Waals surface area contributed by atoms with Gasteiger partial charge in [-0.25, -0.2) is 0 Å². The molecule has 0 saturated heterocycles. The van der Waals surface area contributed by atoms with Crippen molar-refractivity contribution in [2.45, 2.75) is 6.42 Å². The molecule has 3 N–H and O–H groups in total. The third-order valence-corrected chi connectivity index (χ3v) is 4.01. The van der Waals surface area contributed by atoms with Gasteiger partial charge in [-0.05, 0) is 38.2 Å². The highest BCUT2D eigenvalue weighted by Crippen LogP contribution is 2.15. The molecule has 2 aromatic rings. The molecule has 0 radical (unpaired) electrons. The first-order valence-electron chi connectivity index (χ1n) is 9.12. The Labute approximate surface area is 165 Å². The zero-order chi connectivity index (χ0) is 20.4. The highest BCUT2D eigenvalue weighted by Gasteiger charge is 2.17. The van der Waals surface area contributed by atoms with Crippen molar-refractivity contribution in [2.24, 2.45) is 0 Å². The normalized spacial score (nSPS) is 10.4. The second-order valence-electron chi connectivity index (χ2n) is 6.55. The number of hydrogen-bond acceptors (Lipinski definition) is 4. The number of nitrogens with zero attached hydrogens (tertiary/aromatic N) is 1. The SMILES string of the molecule is CN(C)CCNC(=O)C(=O)Nc1ccccc1C(=O)NCCc1ccccc1. The predicted octanol–water partition coefficient (Wildman–Crippen LogP) is 1.28. The van der Waals surface area contributed by atoms with Crippen molar-refractivity contribution in [3.63, 3.8) is 0 Å². The number of nitrogens with one attached hydrogen (secondary N) is 3. The molecule has 3 amide bonds. The topological polar surface area (TPSA) is 90.5 Å². The van der Waals surface area contributed by atoms with Crippen molar-refractivity contribution in [3.05, 3.63) is 65.7 Å². The first-order chi connectivity index (χ1) is 13.5. The Morgan fingerprint density at radius 2 is 1.50 bits per heavy atom. The van der Waals surface area contributed by atoms with Gasteiger partial charge in [-0.15, -0.1) is 0 Å². The summed E-state index contributed by atoms with van der Waals surface area (Å²) in [6.45, 7) is 1.45. The molecule has 0 saturated carbocycles. The molecule has 28 heavy (non-hydrogen) atoms. The summed E-state index contributed by atoms with van der Waals surface area (Å²) >= 11 is 0. The van der Waals surface area contributed by atoms with Gasteiger partial charge in [0.1, 0.15) is 0 Å². The average molecular weight is 382 g/mol. The van der Waals surface area contributed by atoms with Crippen LogP contribution in [0.5, 0.6) is 0 Å². The molecule has 148 valence electrons. The summed E-state index contributed by atoms with van der Waals surface area (Å²) in [6, 6.07) is 16.4. The van der Waals surface area contributed by atoms with E-state index in [4.69, 9.17) is 0 Å². The molecule has 0 unspecified atom stereocenters. The van der Waals surface area contributed by atoms with Gasteiger partial charge in [0.15, 0.2) is 0 Å². The molecule has 2 rings (SSSR count). The Morgan fingerprint density at radius 3 is 2.21 bits per heavy atom. The molecule has 0 aliphatic rings. The fraction of sp³-hybridized carbons (Fsp3) is 0.286. The molecule has 0 atom stereocenters. The number of carbonyl (C=O) groups excluding carboxylic acids is 3. The Bertz CT molecular complexity index is 806. The van der Waals surface area contributed by atoms with Gasteiger partial charge in [0.05, 0.1) is 11.3 Å². The molecular weight excluding hydrogens is 356 g/mol. The van der Waals surface area contributed by atoms with Gasteiger partial charge in [0.2, 0.25) is 0 Å². The van der Waals surface area contributed by atoms with Crippen molar-refractivity contribution >= 4 is 23.4 Å². The first kappa shape index (κ1) is 21.1. The highest BCUT2D eigenvalue weighted by molar-refractivity contribution is 6.40. The van der Waals surface area contributed by atoms with Crippen LogP contribution in [0.15, 0.2) is 54.6 Å². The number of anilines is 1. The third kappa shape index (κ3) is 6.85. The highest BCUT2D eigenvalue weighted by atomic mass is 16.2. The molecule has 0 fully saturated rings. The predicted molar refractivity (Wildman–Crippen MR) is 109 cm³/mol. The Morgan fingerprint density at radius 1 is 0.821 bits per heavy atom. The van der Waals surface area contributed by atoms with Crippen LogP contribution in [-0.4, -0.2) is 56.4 Å². The van der Waals surface area contributed by atoms with E-state index >= 15 is 0 Å². The van der Waals surface area contributed by atoms with Gasteiger partial charge in [0.25, 0.3) is 5.91 Å². The summed E-state index contributed by atoms with van der Waals surface area (Å²) in [6.07, 6.45) is 0.704. The zero-order valence-electron chi connectivity index (χ0n) is 16.2. The van der Waals surface area contributed by atoms with Gasteiger partial charge >= 0.3 is 11.8 Å². The molecule has 0 aliphatic heterocycles. The first-order valence-corrected chi connectivity index (χ1v) is 9.12. The summed E-state index contributed by atoms with van der Waals surface area (Å²) in [5.74, 6) is -1.84. The number of rotatable bonds is 8. The summed E-state index contributed by atoms with van der Waals surface area (Å²) in [4.78, 5) is 38.4. The molecule has 0 bridgehead atoms.